The van der Waals surface area contributed by atoms with E-state index in [0.29, 0.717) is 6.04 Å². The lowest BCUT2D eigenvalue weighted by atomic mass is 10.0. The molecule has 2 aromatic rings. The number of nitrogens with zero attached hydrogens (tertiary/aromatic N) is 1. The van der Waals surface area contributed by atoms with Crippen LogP contribution in [0, 0.1) is 0 Å². The number of rotatable bonds is 4. The first kappa shape index (κ1) is 14.3. The maximum absolute atomic E-state index is 6.51. The van der Waals surface area contributed by atoms with Crippen LogP contribution in [0.15, 0.2) is 24.3 Å². The minimum atomic E-state index is 0.641. The summed E-state index contributed by atoms with van der Waals surface area (Å²) in [5, 5.41) is 5.74. The first-order valence-corrected chi connectivity index (χ1v) is 8.51. The third-order valence-corrected chi connectivity index (χ3v) is 5.66. The fourth-order valence-electron chi connectivity index (χ4n) is 2.93. The van der Waals surface area contributed by atoms with E-state index in [1.165, 1.54) is 40.8 Å². The number of benzene rings is 1. The van der Waals surface area contributed by atoms with Gasteiger partial charge >= 0.3 is 0 Å². The van der Waals surface area contributed by atoms with Crippen molar-refractivity contribution in [1.82, 2.24) is 10.2 Å². The monoisotopic (exact) mass is 308 g/mol. The summed E-state index contributed by atoms with van der Waals surface area (Å²) in [5.41, 5.74) is 0. The molecule has 1 aromatic heterocycles. The van der Waals surface area contributed by atoms with E-state index < -0.39 is 0 Å². The number of piperidine rings is 1. The summed E-state index contributed by atoms with van der Waals surface area (Å²) in [5.74, 6) is 0. The molecule has 1 atom stereocenters. The molecule has 0 amide bonds. The zero-order valence-corrected chi connectivity index (χ0v) is 13.4. The van der Waals surface area contributed by atoms with Crippen LogP contribution in [0.4, 0.5) is 0 Å². The molecule has 1 fully saturated rings. The number of nitrogens with one attached hydrogen (secondary N) is 1. The van der Waals surface area contributed by atoms with Crippen LogP contribution in [0.5, 0.6) is 0 Å². The lowest BCUT2D eigenvalue weighted by Crippen LogP contribution is -2.42. The second-order valence-electron chi connectivity index (χ2n) is 5.68. The molecule has 3 rings (SSSR count). The predicted molar refractivity (Wildman–Crippen MR) is 88.8 cm³/mol. The van der Waals surface area contributed by atoms with Gasteiger partial charge in [-0.15, -0.1) is 11.3 Å². The molecule has 1 aliphatic rings. The molecule has 0 saturated carbocycles. The van der Waals surface area contributed by atoms with E-state index in [0.717, 1.165) is 18.1 Å². The minimum absolute atomic E-state index is 0.641. The van der Waals surface area contributed by atoms with Crippen molar-refractivity contribution in [1.29, 1.82) is 0 Å². The summed E-state index contributed by atoms with van der Waals surface area (Å²) in [6.45, 7) is 3.21. The fourth-order valence-corrected chi connectivity index (χ4v) is 4.51. The third kappa shape index (κ3) is 3.17. The van der Waals surface area contributed by atoms with Crippen molar-refractivity contribution in [2.24, 2.45) is 0 Å². The van der Waals surface area contributed by atoms with E-state index in [1.54, 1.807) is 0 Å². The Morgan fingerprint density at radius 1 is 1.35 bits per heavy atom. The van der Waals surface area contributed by atoms with Crippen molar-refractivity contribution in [2.75, 3.05) is 20.1 Å². The van der Waals surface area contributed by atoms with E-state index in [2.05, 4.69) is 41.5 Å². The molecule has 0 bridgehead atoms. The first-order valence-electron chi connectivity index (χ1n) is 7.32. The molecular formula is C16H21ClN2S. The standard InChI is InChI=1S/C16H21ClN2S/c1-19(10-12-6-4-5-9-18-12)11-15-16(17)13-7-2-3-8-14(13)20-15/h2-3,7-8,12,18H,4-6,9-11H2,1H3. The van der Waals surface area contributed by atoms with Gasteiger partial charge in [-0.3, -0.25) is 4.90 Å². The van der Waals surface area contributed by atoms with Crippen LogP contribution in [0.25, 0.3) is 10.1 Å². The Balaban J connectivity index is 1.67. The van der Waals surface area contributed by atoms with E-state index in [1.807, 2.05) is 11.3 Å². The largest absolute Gasteiger partial charge is 0.313 e. The van der Waals surface area contributed by atoms with Crippen LogP contribution in [-0.2, 0) is 6.54 Å². The molecule has 1 aromatic carbocycles. The van der Waals surface area contributed by atoms with Crippen molar-refractivity contribution in [3.63, 3.8) is 0 Å². The van der Waals surface area contributed by atoms with Gasteiger partial charge in [0.2, 0.25) is 0 Å². The molecule has 1 unspecified atom stereocenters. The maximum Gasteiger partial charge on any atom is 0.0637 e. The lowest BCUT2D eigenvalue weighted by molar-refractivity contribution is 0.258. The Morgan fingerprint density at radius 2 is 2.20 bits per heavy atom. The average Bonchev–Trinajstić information content (AvgIpc) is 2.77. The van der Waals surface area contributed by atoms with Gasteiger partial charge in [0, 0.05) is 34.1 Å². The summed E-state index contributed by atoms with van der Waals surface area (Å²) in [6.07, 6.45) is 3.97. The van der Waals surface area contributed by atoms with E-state index >= 15 is 0 Å². The van der Waals surface area contributed by atoms with Gasteiger partial charge in [0.05, 0.1) is 5.02 Å². The molecule has 2 heterocycles. The van der Waals surface area contributed by atoms with Crippen LogP contribution < -0.4 is 5.32 Å². The number of fused-ring (bicyclic) bond motifs is 1. The number of likely N-dealkylation sites (N-methyl/N-ethyl adjacent to an activating group) is 1. The molecule has 20 heavy (non-hydrogen) atoms. The van der Waals surface area contributed by atoms with Crippen molar-refractivity contribution >= 4 is 33.0 Å². The number of thiophene rings is 1. The van der Waals surface area contributed by atoms with Crippen LogP contribution in [-0.4, -0.2) is 31.1 Å². The zero-order valence-electron chi connectivity index (χ0n) is 11.9. The summed E-state index contributed by atoms with van der Waals surface area (Å²) in [4.78, 5) is 3.67. The van der Waals surface area contributed by atoms with Crippen LogP contribution in [0.2, 0.25) is 5.02 Å². The summed E-state index contributed by atoms with van der Waals surface area (Å²) in [7, 11) is 2.19. The summed E-state index contributed by atoms with van der Waals surface area (Å²) in [6, 6.07) is 9.04. The van der Waals surface area contributed by atoms with Gasteiger partial charge < -0.3 is 5.32 Å². The molecule has 108 valence electrons. The van der Waals surface area contributed by atoms with Gasteiger partial charge in [-0.1, -0.05) is 36.2 Å². The van der Waals surface area contributed by atoms with Gasteiger partial charge in [0.25, 0.3) is 0 Å². The Hall–Kier alpha value is -0.610. The fraction of sp³-hybridized carbons (Fsp3) is 0.500. The molecule has 1 saturated heterocycles. The number of halogens is 1. The third-order valence-electron chi connectivity index (χ3n) is 3.96. The second-order valence-corrected chi connectivity index (χ2v) is 7.19. The van der Waals surface area contributed by atoms with E-state index in [-0.39, 0.29) is 0 Å². The Bertz CT molecular complexity index is 575. The summed E-state index contributed by atoms with van der Waals surface area (Å²) < 4.78 is 1.29. The van der Waals surface area contributed by atoms with E-state index in [4.69, 9.17) is 11.6 Å². The number of hydrogen-bond acceptors (Lipinski definition) is 3. The van der Waals surface area contributed by atoms with Gasteiger partial charge in [0.15, 0.2) is 0 Å². The first-order chi connectivity index (χ1) is 9.74. The van der Waals surface area contributed by atoms with Crippen molar-refractivity contribution in [3.8, 4) is 0 Å². The quantitative estimate of drug-likeness (QED) is 0.913. The average molecular weight is 309 g/mol. The molecule has 0 radical (unpaired) electrons. The maximum atomic E-state index is 6.51. The van der Waals surface area contributed by atoms with Crippen molar-refractivity contribution < 1.29 is 0 Å². The Morgan fingerprint density at radius 3 is 2.95 bits per heavy atom. The van der Waals surface area contributed by atoms with Crippen LogP contribution in [0.3, 0.4) is 0 Å². The lowest BCUT2D eigenvalue weighted by Gasteiger charge is -2.28. The highest BCUT2D eigenvalue weighted by atomic mass is 35.5. The molecule has 1 aliphatic heterocycles. The zero-order chi connectivity index (χ0) is 13.9. The van der Waals surface area contributed by atoms with Gasteiger partial charge in [-0.05, 0) is 32.5 Å². The predicted octanol–water partition coefficient (Wildman–Crippen LogP) is 4.13. The topological polar surface area (TPSA) is 15.3 Å². The number of hydrogen-bond donors (Lipinski definition) is 1. The van der Waals surface area contributed by atoms with Gasteiger partial charge in [-0.2, -0.15) is 0 Å². The van der Waals surface area contributed by atoms with Gasteiger partial charge in [-0.25, -0.2) is 0 Å². The van der Waals surface area contributed by atoms with Gasteiger partial charge in [0.1, 0.15) is 0 Å². The molecule has 1 N–H and O–H groups in total. The Kier molecular flexibility index (Phi) is 4.61. The van der Waals surface area contributed by atoms with Crippen molar-refractivity contribution in [3.05, 3.63) is 34.2 Å². The molecule has 0 aliphatic carbocycles. The highest BCUT2D eigenvalue weighted by Crippen LogP contribution is 2.35. The summed E-state index contributed by atoms with van der Waals surface area (Å²) >= 11 is 8.33. The highest BCUT2D eigenvalue weighted by molar-refractivity contribution is 7.19. The minimum Gasteiger partial charge on any atom is -0.313 e. The smallest absolute Gasteiger partial charge is 0.0637 e. The Labute approximate surface area is 129 Å². The SMILES string of the molecule is CN(Cc1sc2ccccc2c1Cl)CC1CCCCN1. The van der Waals surface area contributed by atoms with Crippen molar-refractivity contribution in [2.45, 2.75) is 31.8 Å². The van der Waals surface area contributed by atoms with Crippen LogP contribution in [0.1, 0.15) is 24.1 Å². The molecule has 0 spiro atoms. The highest BCUT2D eigenvalue weighted by Gasteiger charge is 2.16. The molecular weight excluding hydrogens is 288 g/mol. The van der Waals surface area contributed by atoms with E-state index in [9.17, 15) is 0 Å². The van der Waals surface area contributed by atoms with Crippen LogP contribution >= 0.6 is 22.9 Å². The molecule has 2 nitrogen and oxygen atoms in total. The molecule has 4 heteroatoms. The normalized spacial score (nSPS) is 19.9. The second kappa shape index (κ2) is 6.44.